The van der Waals surface area contributed by atoms with Crippen molar-refractivity contribution in [3.63, 3.8) is 0 Å². The average Bonchev–Trinajstić information content (AvgIpc) is 2.61. The summed E-state index contributed by atoms with van der Waals surface area (Å²) < 4.78 is 5.75. The van der Waals surface area contributed by atoms with Gasteiger partial charge < -0.3 is 15.0 Å². The molecule has 2 rings (SSSR count). The second-order valence-electron chi connectivity index (χ2n) is 5.95. The van der Waals surface area contributed by atoms with Crippen molar-refractivity contribution in [1.29, 1.82) is 0 Å². The zero-order valence-electron chi connectivity index (χ0n) is 14.7. The lowest BCUT2D eigenvalue weighted by molar-refractivity contribution is -0.128. The Morgan fingerprint density at radius 1 is 1.12 bits per heavy atom. The largest absolute Gasteiger partial charge is 0.491 e. The van der Waals surface area contributed by atoms with E-state index in [0.717, 1.165) is 23.4 Å². The Hall–Kier alpha value is -2.49. The summed E-state index contributed by atoms with van der Waals surface area (Å²) in [7, 11) is 1.82. The summed E-state index contributed by atoms with van der Waals surface area (Å²) in [5.74, 6) is 0.904. The van der Waals surface area contributed by atoms with Crippen molar-refractivity contribution in [1.82, 2.24) is 4.90 Å². The van der Waals surface area contributed by atoms with Crippen molar-refractivity contribution in [2.45, 2.75) is 32.9 Å². The number of benzene rings is 2. The summed E-state index contributed by atoms with van der Waals surface area (Å²) in [5.41, 5.74) is 2.04. The van der Waals surface area contributed by atoms with Crippen molar-refractivity contribution >= 4 is 11.6 Å². The molecule has 0 saturated carbocycles. The van der Waals surface area contributed by atoms with Crippen LogP contribution in [0, 0.1) is 0 Å². The van der Waals surface area contributed by atoms with Crippen LogP contribution in [0.2, 0.25) is 0 Å². The molecular formula is C20H26N2O2. The highest BCUT2D eigenvalue weighted by molar-refractivity contribution is 5.80. The van der Waals surface area contributed by atoms with Gasteiger partial charge in [0, 0.05) is 19.3 Å². The van der Waals surface area contributed by atoms with Crippen molar-refractivity contribution in [2.24, 2.45) is 0 Å². The quantitative estimate of drug-likeness (QED) is 0.799. The summed E-state index contributed by atoms with van der Waals surface area (Å²) in [5, 5.41) is 3.16. The molecule has 1 amide bonds. The standard InChI is InChI=1S/C20H26N2O2/c1-4-16(2)24-19-12-10-18(11-13-19)21-14-20(23)22(3)15-17-8-6-5-7-9-17/h5-13,16,21H,4,14-15H2,1-3H3. The maximum absolute atomic E-state index is 12.2. The van der Waals surface area contributed by atoms with Crippen molar-refractivity contribution in [3.8, 4) is 5.75 Å². The molecule has 0 aliphatic rings. The van der Waals surface area contributed by atoms with E-state index < -0.39 is 0 Å². The van der Waals surface area contributed by atoms with Gasteiger partial charge in [-0.3, -0.25) is 4.79 Å². The normalized spacial score (nSPS) is 11.6. The smallest absolute Gasteiger partial charge is 0.241 e. The second-order valence-corrected chi connectivity index (χ2v) is 5.95. The molecule has 0 aliphatic carbocycles. The van der Waals surface area contributed by atoms with E-state index in [-0.39, 0.29) is 18.6 Å². The Balaban J connectivity index is 1.80. The molecule has 1 atom stereocenters. The molecule has 0 aliphatic heterocycles. The zero-order chi connectivity index (χ0) is 17.4. The monoisotopic (exact) mass is 326 g/mol. The SMILES string of the molecule is CCC(C)Oc1ccc(NCC(=O)N(C)Cc2ccccc2)cc1. The Morgan fingerprint density at radius 2 is 1.79 bits per heavy atom. The topological polar surface area (TPSA) is 41.6 Å². The molecule has 2 aromatic carbocycles. The summed E-state index contributed by atoms with van der Waals surface area (Å²) in [6.45, 7) is 5.03. The highest BCUT2D eigenvalue weighted by Gasteiger charge is 2.09. The van der Waals surface area contributed by atoms with Crippen LogP contribution in [-0.4, -0.2) is 30.5 Å². The summed E-state index contributed by atoms with van der Waals surface area (Å²) in [4.78, 5) is 13.9. The lowest BCUT2D eigenvalue weighted by atomic mass is 10.2. The number of ether oxygens (including phenoxy) is 1. The predicted molar refractivity (Wildman–Crippen MR) is 98.2 cm³/mol. The van der Waals surface area contributed by atoms with Gasteiger partial charge in [-0.25, -0.2) is 0 Å². The molecule has 1 unspecified atom stereocenters. The van der Waals surface area contributed by atoms with Crippen LogP contribution in [-0.2, 0) is 11.3 Å². The van der Waals surface area contributed by atoms with Crippen LogP contribution in [0.3, 0.4) is 0 Å². The Bertz CT molecular complexity index is 626. The number of carbonyl (C=O) groups is 1. The number of hydrogen-bond donors (Lipinski definition) is 1. The number of nitrogens with zero attached hydrogens (tertiary/aromatic N) is 1. The lowest BCUT2D eigenvalue weighted by Crippen LogP contribution is -2.31. The molecule has 0 bridgehead atoms. The van der Waals surface area contributed by atoms with Gasteiger partial charge in [-0.05, 0) is 43.2 Å². The van der Waals surface area contributed by atoms with Crippen LogP contribution in [0.4, 0.5) is 5.69 Å². The van der Waals surface area contributed by atoms with Gasteiger partial charge in [0.2, 0.25) is 5.91 Å². The fraction of sp³-hybridized carbons (Fsp3) is 0.350. The minimum atomic E-state index is 0.0544. The third kappa shape index (κ3) is 5.61. The third-order valence-electron chi connectivity index (χ3n) is 3.90. The van der Waals surface area contributed by atoms with Gasteiger partial charge in [-0.2, -0.15) is 0 Å². The summed E-state index contributed by atoms with van der Waals surface area (Å²) >= 11 is 0. The van der Waals surface area contributed by atoms with E-state index in [1.807, 2.05) is 68.6 Å². The fourth-order valence-electron chi connectivity index (χ4n) is 2.23. The molecule has 4 nitrogen and oxygen atoms in total. The first kappa shape index (κ1) is 17.9. The zero-order valence-corrected chi connectivity index (χ0v) is 14.7. The molecular weight excluding hydrogens is 300 g/mol. The molecule has 4 heteroatoms. The van der Waals surface area contributed by atoms with E-state index in [4.69, 9.17) is 4.74 Å². The number of likely N-dealkylation sites (N-methyl/N-ethyl adjacent to an activating group) is 1. The fourth-order valence-corrected chi connectivity index (χ4v) is 2.23. The highest BCUT2D eigenvalue weighted by atomic mass is 16.5. The number of nitrogens with one attached hydrogen (secondary N) is 1. The predicted octanol–water partition coefficient (Wildman–Crippen LogP) is 3.93. The molecule has 0 saturated heterocycles. The first-order chi connectivity index (χ1) is 11.6. The van der Waals surface area contributed by atoms with Gasteiger partial charge in [0.1, 0.15) is 5.75 Å². The van der Waals surface area contributed by atoms with Gasteiger partial charge in [0.15, 0.2) is 0 Å². The van der Waals surface area contributed by atoms with E-state index in [2.05, 4.69) is 12.2 Å². The Labute approximate surface area is 144 Å². The number of carbonyl (C=O) groups excluding carboxylic acids is 1. The molecule has 0 aromatic heterocycles. The van der Waals surface area contributed by atoms with Crippen LogP contribution < -0.4 is 10.1 Å². The van der Waals surface area contributed by atoms with E-state index in [1.165, 1.54) is 0 Å². The molecule has 0 heterocycles. The van der Waals surface area contributed by atoms with Crippen LogP contribution in [0.15, 0.2) is 54.6 Å². The average molecular weight is 326 g/mol. The van der Waals surface area contributed by atoms with Crippen LogP contribution in [0.25, 0.3) is 0 Å². The maximum Gasteiger partial charge on any atom is 0.241 e. The van der Waals surface area contributed by atoms with E-state index in [0.29, 0.717) is 6.54 Å². The number of rotatable bonds is 8. The van der Waals surface area contributed by atoms with Crippen LogP contribution in [0.5, 0.6) is 5.75 Å². The molecule has 1 N–H and O–H groups in total. The molecule has 0 fully saturated rings. The second kappa shape index (κ2) is 8.96. The maximum atomic E-state index is 12.2. The van der Waals surface area contributed by atoms with E-state index in [1.54, 1.807) is 4.90 Å². The number of anilines is 1. The number of amides is 1. The van der Waals surface area contributed by atoms with Crippen molar-refractivity contribution < 1.29 is 9.53 Å². The van der Waals surface area contributed by atoms with E-state index >= 15 is 0 Å². The molecule has 24 heavy (non-hydrogen) atoms. The van der Waals surface area contributed by atoms with Crippen molar-refractivity contribution in [2.75, 3.05) is 18.9 Å². The van der Waals surface area contributed by atoms with Crippen LogP contribution in [0.1, 0.15) is 25.8 Å². The highest BCUT2D eigenvalue weighted by Crippen LogP contribution is 2.17. The van der Waals surface area contributed by atoms with E-state index in [9.17, 15) is 4.79 Å². The van der Waals surface area contributed by atoms with Gasteiger partial charge in [0.25, 0.3) is 0 Å². The Kier molecular flexibility index (Phi) is 6.67. The summed E-state index contributed by atoms with van der Waals surface area (Å²) in [6.07, 6.45) is 1.18. The molecule has 0 spiro atoms. The van der Waals surface area contributed by atoms with Gasteiger partial charge in [-0.15, -0.1) is 0 Å². The van der Waals surface area contributed by atoms with Crippen molar-refractivity contribution in [3.05, 3.63) is 60.2 Å². The summed E-state index contributed by atoms with van der Waals surface area (Å²) in [6, 6.07) is 17.7. The first-order valence-electron chi connectivity index (χ1n) is 8.37. The Morgan fingerprint density at radius 3 is 2.42 bits per heavy atom. The minimum Gasteiger partial charge on any atom is -0.491 e. The van der Waals surface area contributed by atoms with Crippen LogP contribution >= 0.6 is 0 Å². The van der Waals surface area contributed by atoms with Gasteiger partial charge >= 0.3 is 0 Å². The lowest BCUT2D eigenvalue weighted by Gasteiger charge is -2.18. The third-order valence-corrected chi connectivity index (χ3v) is 3.90. The molecule has 0 radical (unpaired) electrons. The number of hydrogen-bond acceptors (Lipinski definition) is 3. The minimum absolute atomic E-state index is 0.0544. The van der Waals surface area contributed by atoms with Gasteiger partial charge in [0.05, 0.1) is 12.6 Å². The first-order valence-corrected chi connectivity index (χ1v) is 8.37. The molecule has 2 aromatic rings. The molecule has 128 valence electrons. The van der Waals surface area contributed by atoms with Gasteiger partial charge in [-0.1, -0.05) is 37.3 Å².